The minimum atomic E-state index is -5.08. The van der Waals surface area contributed by atoms with E-state index in [-0.39, 0.29) is 11.7 Å². The molecule has 2 heterocycles. The van der Waals surface area contributed by atoms with E-state index in [4.69, 9.17) is 20.4 Å². The van der Waals surface area contributed by atoms with Crippen LogP contribution in [0.5, 0.6) is 5.88 Å². The summed E-state index contributed by atoms with van der Waals surface area (Å²) in [6.07, 6.45) is -0.0736. The normalized spacial score (nSPS) is 18.5. The number of pyridine rings is 1. The number of nitrogen functional groups attached to an aromatic ring is 1. The predicted octanol–water partition coefficient (Wildman–Crippen LogP) is 4.93. The second-order valence-electron chi connectivity index (χ2n) is 10.8. The molecule has 5 N–H and O–H groups in total. The molecule has 1 aliphatic carbocycles. The second-order valence-corrected chi connectivity index (χ2v) is 10.8. The number of halogens is 4. The van der Waals surface area contributed by atoms with E-state index in [9.17, 15) is 22.4 Å². The number of carboxylic acid groups (broad SMARTS) is 1. The van der Waals surface area contributed by atoms with E-state index in [0.29, 0.717) is 47.3 Å². The number of hydrogen-bond donors (Lipinski definition) is 4. The highest BCUT2D eigenvalue weighted by Crippen LogP contribution is 2.41. The van der Waals surface area contributed by atoms with Gasteiger partial charge in [0.05, 0.1) is 16.9 Å². The summed E-state index contributed by atoms with van der Waals surface area (Å²) >= 11 is 0. The third-order valence-electron chi connectivity index (χ3n) is 7.57. The van der Waals surface area contributed by atoms with Gasteiger partial charge in [0.2, 0.25) is 5.88 Å². The lowest BCUT2D eigenvalue weighted by Gasteiger charge is -2.32. The van der Waals surface area contributed by atoms with Crippen molar-refractivity contribution < 1.29 is 37.0 Å². The average molecular weight is 618 g/mol. The van der Waals surface area contributed by atoms with Gasteiger partial charge in [0.25, 0.3) is 5.91 Å². The van der Waals surface area contributed by atoms with Gasteiger partial charge in [0.15, 0.2) is 0 Å². The van der Waals surface area contributed by atoms with Gasteiger partial charge in [0.1, 0.15) is 12.4 Å². The molecule has 5 rings (SSSR count). The number of hydrogen-bond acceptors (Lipinski definition) is 7. The molecule has 13 heteroatoms. The first-order chi connectivity index (χ1) is 21.0. The molecule has 0 spiro atoms. The van der Waals surface area contributed by atoms with Crippen LogP contribution in [-0.4, -0.2) is 71.9 Å². The molecule has 1 amide bonds. The fourth-order valence-corrected chi connectivity index (χ4v) is 4.92. The van der Waals surface area contributed by atoms with Crippen molar-refractivity contribution in [3.05, 3.63) is 83.8 Å². The van der Waals surface area contributed by atoms with Gasteiger partial charge in [-0.3, -0.25) is 9.69 Å². The number of benzene rings is 2. The maximum absolute atomic E-state index is 13.1. The van der Waals surface area contributed by atoms with Gasteiger partial charge in [0, 0.05) is 30.8 Å². The molecule has 1 saturated carbocycles. The topological polar surface area (TPSA) is 130 Å². The quantitative estimate of drug-likeness (QED) is 0.186. The number of amides is 1. The molecule has 2 atom stereocenters. The molecule has 2 fully saturated rings. The standard InChI is InChI=1S/C29H34FN5O2.C2HF3O2/c30-23-8-5-21(6-9-23)24-17-27(24)32-18-20-11-13-35(14-12-20)15-16-37-28-10-7-22(19-33-28)29(36)34-26-4-2-1-3-25(26)31;3-2(4,5)1(6)7/h1-10,19-20,24,27,32H,11-18,31H2,(H,34,36);(H,6,7). The van der Waals surface area contributed by atoms with Crippen LogP contribution < -0.4 is 21.1 Å². The van der Waals surface area contributed by atoms with Crippen LogP contribution in [0.25, 0.3) is 0 Å². The van der Waals surface area contributed by atoms with Crippen molar-refractivity contribution in [2.75, 3.05) is 43.8 Å². The average Bonchev–Trinajstić information content (AvgIpc) is 3.78. The zero-order valence-electron chi connectivity index (χ0n) is 23.9. The number of aromatic nitrogens is 1. The molecule has 1 aliphatic heterocycles. The number of carboxylic acids is 1. The van der Waals surface area contributed by atoms with Crippen LogP contribution in [0.3, 0.4) is 0 Å². The van der Waals surface area contributed by atoms with E-state index in [1.54, 1.807) is 36.4 Å². The van der Waals surface area contributed by atoms with Crippen molar-refractivity contribution in [2.24, 2.45) is 5.92 Å². The molecule has 1 aromatic heterocycles. The van der Waals surface area contributed by atoms with Crippen LogP contribution in [0, 0.1) is 11.7 Å². The van der Waals surface area contributed by atoms with Gasteiger partial charge in [-0.15, -0.1) is 0 Å². The number of nitrogens with zero attached hydrogens (tertiary/aromatic N) is 2. The number of anilines is 2. The fourth-order valence-electron chi connectivity index (χ4n) is 4.92. The molecular weight excluding hydrogens is 582 g/mol. The Morgan fingerprint density at radius 3 is 2.34 bits per heavy atom. The lowest BCUT2D eigenvalue weighted by molar-refractivity contribution is -0.192. The molecule has 2 aliphatic rings. The van der Waals surface area contributed by atoms with Crippen LogP contribution in [-0.2, 0) is 4.79 Å². The number of alkyl halides is 3. The molecule has 2 aromatic carbocycles. The molecule has 3 aromatic rings. The van der Waals surface area contributed by atoms with Crippen LogP contribution in [0.15, 0.2) is 66.9 Å². The first kappa shape index (κ1) is 32.7. The molecule has 9 nitrogen and oxygen atoms in total. The van der Waals surface area contributed by atoms with E-state index in [0.717, 1.165) is 32.6 Å². The van der Waals surface area contributed by atoms with E-state index in [1.165, 1.54) is 24.6 Å². The highest BCUT2D eigenvalue weighted by atomic mass is 19.4. The summed E-state index contributed by atoms with van der Waals surface area (Å²) in [6.45, 7) is 4.59. The van der Waals surface area contributed by atoms with Gasteiger partial charge < -0.3 is 26.2 Å². The largest absolute Gasteiger partial charge is 0.490 e. The third-order valence-corrected chi connectivity index (χ3v) is 7.57. The fraction of sp³-hybridized carbons (Fsp3) is 0.387. The van der Waals surface area contributed by atoms with Crippen molar-refractivity contribution in [1.29, 1.82) is 0 Å². The van der Waals surface area contributed by atoms with E-state index >= 15 is 0 Å². The smallest absolute Gasteiger partial charge is 0.476 e. The van der Waals surface area contributed by atoms with Gasteiger partial charge >= 0.3 is 12.1 Å². The van der Waals surface area contributed by atoms with Gasteiger partial charge in [-0.05, 0) is 80.7 Å². The Bertz CT molecular complexity index is 1380. The Kier molecular flexibility index (Phi) is 11.1. The molecule has 0 bridgehead atoms. The molecule has 236 valence electrons. The Morgan fingerprint density at radius 1 is 1.05 bits per heavy atom. The minimum absolute atomic E-state index is 0.171. The number of rotatable bonds is 10. The van der Waals surface area contributed by atoms with Gasteiger partial charge in [-0.25, -0.2) is 14.2 Å². The SMILES string of the molecule is Nc1ccccc1NC(=O)c1ccc(OCCN2CCC(CNC3CC3c3ccc(F)cc3)CC2)nc1.O=C(O)C(F)(F)F. The maximum atomic E-state index is 13.1. The number of carbonyl (C=O) groups is 2. The van der Waals surface area contributed by atoms with Crippen molar-refractivity contribution in [3.8, 4) is 5.88 Å². The summed E-state index contributed by atoms with van der Waals surface area (Å²) in [5.74, 6) is -1.46. The number of ether oxygens (including phenoxy) is 1. The maximum Gasteiger partial charge on any atom is 0.490 e. The summed E-state index contributed by atoms with van der Waals surface area (Å²) in [7, 11) is 0. The van der Waals surface area contributed by atoms with Crippen LogP contribution in [0.1, 0.15) is 41.1 Å². The van der Waals surface area contributed by atoms with Crippen molar-refractivity contribution in [2.45, 2.75) is 37.4 Å². The monoisotopic (exact) mass is 617 g/mol. The Hall–Kier alpha value is -4.23. The lowest BCUT2D eigenvalue weighted by Crippen LogP contribution is -2.39. The van der Waals surface area contributed by atoms with Crippen molar-refractivity contribution in [1.82, 2.24) is 15.2 Å². The van der Waals surface area contributed by atoms with Crippen LogP contribution in [0.2, 0.25) is 0 Å². The number of piperidine rings is 1. The van der Waals surface area contributed by atoms with E-state index in [2.05, 4.69) is 20.5 Å². The minimum Gasteiger partial charge on any atom is -0.476 e. The highest BCUT2D eigenvalue weighted by Gasteiger charge is 2.39. The lowest BCUT2D eigenvalue weighted by atomic mass is 9.97. The van der Waals surface area contributed by atoms with Crippen molar-refractivity contribution in [3.63, 3.8) is 0 Å². The van der Waals surface area contributed by atoms with E-state index in [1.807, 2.05) is 24.3 Å². The molecule has 0 radical (unpaired) electrons. The number of nitrogens with two attached hydrogens (primary N) is 1. The summed E-state index contributed by atoms with van der Waals surface area (Å²) < 4.78 is 50.7. The first-order valence-corrected chi connectivity index (χ1v) is 14.3. The Balaban J connectivity index is 0.000000566. The summed E-state index contributed by atoms with van der Waals surface area (Å²) in [4.78, 5) is 28.0. The predicted molar refractivity (Wildman–Crippen MR) is 157 cm³/mol. The van der Waals surface area contributed by atoms with Crippen LogP contribution in [0.4, 0.5) is 28.9 Å². The number of para-hydroxylation sites is 2. The molecule has 1 saturated heterocycles. The van der Waals surface area contributed by atoms with E-state index < -0.39 is 12.1 Å². The molecule has 2 unspecified atom stereocenters. The second kappa shape index (κ2) is 15.0. The third kappa shape index (κ3) is 9.91. The zero-order chi connectivity index (χ0) is 31.7. The van der Waals surface area contributed by atoms with Gasteiger partial charge in [-0.2, -0.15) is 13.2 Å². The number of aliphatic carboxylic acids is 1. The van der Waals surface area contributed by atoms with Gasteiger partial charge in [-0.1, -0.05) is 24.3 Å². The summed E-state index contributed by atoms with van der Waals surface area (Å²) in [5, 5.41) is 13.6. The summed E-state index contributed by atoms with van der Waals surface area (Å²) in [6, 6.07) is 18.0. The number of nitrogens with one attached hydrogen (secondary N) is 2. The summed E-state index contributed by atoms with van der Waals surface area (Å²) in [5.41, 5.74) is 8.66. The molecule has 44 heavy (non-hydrogen) atoms. The number of likely N-dealkylation sites (tertiary alicyclic amines) is 1. The Morgan fingerprint density at radius 2 is 1.73 bits per heavy atom. The molecular formula is C31H35F4N5O4. The van der Waals surface area contributed by atoms with Crippen LogP contribution >= 0.6 is 0 Å². The van der Waals surface area contributed by atoms with Crippen molar-refractivity contribution >= 4 is 23.3 Å². The Labute approximate surface area is 252 Å². The highest BCUT2D eigenvalue weighted by molar-refractivity contribution is 6.05. The first-order valence-electron chi connectivity index (χ1n) is 14.3. The zero-order valence-corrected chi connectivity index (χ0v) is 23.9. The number of carbonyl (C=O) groups excluding carboxylic acids is 1.